The van der Waals surface area contributed by atoms with E-state index in [1.54, 1.807) is 6.07 Å². The van der Waals surface area contributed by atoms with Crippen LogP contribution >= 0.6 is 0 Å². The molecule has 202 valence electrons. The number of aromatic nitrogens is 2. The molecule has 1 aliphatic heterocycles. The number of anilines is 1. The number of aryl methyl sites for hydroxylation is 2. The smallest absolute Gasteiger partial charge is 0.255 e. The van der Waals surface area contributed by atoms with Gasteiger partial charge in [-0.2, -0.15) is 0 Å². The van der Waals surface area contributed by atoms with Crippen molar-refractivity contribution >= 4 is 11.6 Å². The number of nitrogens with two attached hydrogens (primary N) is 1. The summed E-state index contributed by atoms with van der Waals surface area (Å²) in [5.74, 6) is 1.86. The van der Waals surface area contributed by atoms with E-state index in [1.165, 1.54) is 12.8 Å². The van der Waals surface area contributed by atoms with Gasteiger partial charge in [0.1, 0.15) is 11.5 Å². The molecule has 4 aromatic rings. The number of hydrogen-bond donors (Lipinski definition) is 2. The van der Waals surface area contributed by atoms with Crippen LogP contribution in [-0.4, -0.2) is 40.0 Å². The van der Waals surface area contributed by atoms with Crippen LogP contribution in [0.5, 0.6) is 11.5 Å². The first kappa shape index (κ1) is 26.7. The van der Waals surface area contributed by atoms with E-state index in [1.807, 2.05) is 79.5 Å². The van der Waals surface area contributed by atoms with Gasteiger partial charge in [0.2, 0.25) is 0 Å². The van der Waals surface area contributed by atoms with E-state index in [0.29, 0.717) is 17.2 Å². The van der Waals surface area contributed by atoms with Gasteiger partial charge in [-0.15, -0.1) is 0 Å². The van der Waals surface area contributed by atoms with Gasteiger partial charge in [0, 0.05) is 36.2 Å². The SMILES string of the molecule is Cc1cn(-c2cc(CN3CCC[C@H](CCN)C3)cc(NC(=O)c3ccc(C)c(Oc4ccccc4)c3)c2)cn1. The third-order valence-electron chi connectivity index (χ3n) is 7.25. The van der Waals surface area contributed by atoms with E-state index >= 15 is 0 Å². The first-order valence-corrected chi connectivity index (χ1v) is 13.7. The minimum atomic E-state index is -0.182. The Hall–Kier alpha value is -3.94. The van der Waals surface area contributed by atoms with Crippen molar-refractivity contribution in [2.45, 2.75) is 39.7 Å². The number of ether oxygens (including phenoxy) is 1. The monoisotopic (exact) mass is 523 g/mol. The van der Waals surface area contributed by atoms with Crippen LogP contribution in [0.4, 0.5) is 5.69 Å². The highest BCUT2D eigenvalue weighted by atomic mass is 16.5. The molecule has 1 fully saturated rings. The third kappa shape index (κ3) is 6.93. The quantitative estimate of drug-likeness (QED) is 0.277. The number of benzene rings is 3. The highest BCUT2D eigenvalue weighted by molar-refractivity contribution is 6.04. The largest absolute Gasteiger partial charge is 0.457 e. The molecule has 1 atom stereocenters. The molecule has 1 aromatic heterocycles. The Morgan fingerprint density at radius 3 is 2.72 bits per heavy atom. The highest BCUT2D eigenvalue weighted by Gasteiger charge is 2.20. The molecule has 39 heavy (non-hydrogen) atoms. The summed E-state index contributed by atoms with van der Waals surface area (Å²) in [6.07, 6.45) is 7.31. The van der Waals surface area contributed by atoms with Crippen molar-refractivity contribution < 1.29 is 9.53 Å². The van der Waals surface area contributed by atoms with Crippen molar-refractivity contribution in [2.24, 2.45) is 11.7 Å². The van der Waals surface area contributed by atoms with Gasteiger partial charge in [-0.3, -0.25) is 9.69 Å². The lowest BCUT2D eigenvalue weighted by molar-refractivity contribution is 0.102. The molecule has 7 nitrogen and oxygen atoms in total. The fourth-order valence-electron chi connectivity index (χ4n) is 5.24. The molecule has 3 N–H and O–H groups in total. The van der Waals surface area contributed by atoms with Gasteiger partial charge in [-0.05, 0) is 106 Å². The van der Waals surface area contributed by atoms with Crippen LogP contribution in [0.25, 0.3) is 5.69 Å². The number of piperidine rings is 1. The van der Waals surface area contributed by atoms with Gasteiger partial charge in [-0.1, -0.05) is 24.3 Å². The van der Waals surface area contributed by atoms with Crippen molar-refractivity contribution in [3.63, 3.8) is 0 Å². The predicted octanol–water partition coefficient (Wildman–Crippen LogP) is 6.09. The molecule has 0 aliphatic carbocycles. The number of amides is 1. The minimum Gasteiger partial charge on any atom is -0.457 e. The Bertz CT molecular complexity index is 1410. The number of nitrogens with zero attached hydrogens (tertiary/aromatic N) is 3. The van der Waals surface area contributed by atoms with Crippen LogP contribution < -0.4 is 15.8 Å². The number of nitrogens with one attached hydrogen (secondary N) is 1. The van der Waals surface area contributed by atoms with E-state index in [4.69, 9.17) is 10.5 Å². The van der Waals surface area contributed by atoms with E-state index in [9.17, 15) is 4.79 Å². The van der Waals surface area contributed by atoms with Gasteiger partial charge in [-0.25, -0.2) is 4.98 Å². The molecule has 0 bridgehead atoms. The molecule has 2 heterocycles. The molecule has 7 heteroatoms. The van der Waals surface area contributed by atoms with E-state index < -0.39 is 0 Å². The second-order valence-corrected chi connectivity index (χ2v) is 10.5. The van der Waals surface area contributed by atoms with Gasteiger partial charge < -0.3 is 20.4 Å². The van der Waals surface area contributed by atoms with Crippen molar-refractivity contribution in [2.75, 3.05) is 25.0 Å². The van der Waals surface area contributed by atoms with Gasteiger partial charge >= 0.3 is 0 Å². The lowest BCUT2D eigenvalue weighted by Gasteiger charge is -2.32. The number of para-hydroxylation sites is 1. The molecule has 1 amide bonds. The van der Waals surface area contributed by atoms with Crippen LogP contribution in [0.2, 0.25) is 0 Å². The second kappa shape index (κ2) is 12.3. The molecule has 3 aromatic carbocycles. The van der Waals surface area contributed by atoms with Gasteiger partial charge in [0.25, 0.3) is 5.91 Å². The Morgan fingerprint density at radius 2 is 1.95 bits per heavy atom. The van der Waals surface area contributed by atoms with Crippen molar-refractivity contribution in [1.29, 1.82) is 0 Å². The zero-order valence-electron chi connectivity index (χ0n) is 22.8. The molecule has 0 saturated carbocycles. The summed E-state index contributed by atoms with van der Waals surface area (Å²) in [6.45, 7) is 7.64. The molecule has 0 spiro atoms. The lowest BCUT2D eigenvalue weighted by atomic mass is 9.94. The summed E-state index contributed by atoms with van der Waals surface area (Å²) in [7, 11) is 0. The van der Waals surface area contributed by atoms with Crippen LogP contribution in [0.15, 0.2) is 79.3 Å². The van der Waals surface area contributed by atoms with Gasteiger partial charge in [0.15, 0.2) is 0 Å². The number of carbonyl (C=O) groups is 1. The van der Waals surface area contributed by atoms with Crippen LogP contribution in [0.3, 0.4) is 0 Å². The van der Waals surface area contributed by atoms with Crippen LogP contribution in [0.1, 0.15) is 46.4 Å². The topological polar surface area (TPSA) is 85.4 Å². The molecular formula is C32H37N5O2. The summed E-state index contributed by atoms with van der Waals surface area (Å²) in [5, 5.41) is 3.13. The average Bonchev–Trinajstić information content (AvgIpc) is 3.37. The molecule has 0 radical (unpaired) electrons. The fraction of sp³-hybridized carbons (Fsp3) is 0.312. The number of carbonyl (C=O) groups excluding carboxylic acids is 1. The Balaban J connectivity index is 1.38. The van der Waals surface area contributed by atoms with Crippen molar-refractivity contribution in [3.8, 4) is 17.2 Å². The van der Waals surface area contributed by atoms with Gasteiger partial charge in [0.05, 0.1) is 12.0 Å². The molecule has 5 rings (SSSR count). The number of hydrogen-bond acceptors (Lipinski definition) is 5. The number of rotatable bonds is 9. The molecule has 0 unspecified atom stereocenters. The highest BCUT2D eigenvalue weighted by Crippen LogP contribution is 2.28. The molecule has 1 aliphatic rings. The Labute approximate surface area is 230 Å². The Morgan fingerprint density at radius 1 is 1.10 bits per heavy atom. The summed E-state index contributed by atoms with van der Waals surface area (Å²) in [6, 6.07) is 21.4. The summed E-state index contributed by atoms with van der Waals surface area (Å²) in [5.41, 5.74) is 11.2. The first-order valence-electron chi connectivity index (χ1n) is 13.7. The molecular weight excluding hydrogens is 486 g/mol. The zero-order chi connectivity index (χ0) is 27.2. The van der Waals surface area contributed by atoms with E-state index in [-0.39, 0.29) is 5.91 Å². The van der Waals surface area contributed by atoms with E-state index in [2.05, 4.69) is 27.3 Å². The normalized spacial score (nSPS) is 15.7. The predicted molar refractivity (Wildman–Crippen MR) is 156 cm³/mol. The number of likely N-dealkylation sites (tertiary alicyclic amines) is 1. The van der Waals surface area contributed by atoms with E-state index in [0.717, 1.165) is 66.5 Å². The zero-order valence-corrected chi connectivity index (χ0v) is 22.8. The van der Waals surface area contributed by atoms with Crippen LogP contribution in [-0.2, 0) is 6.54 Å². The van der Waals surface area contributed by atoms with Crippen molar-refractivity contribution in [3.05, 3.63) is 102 Å². The van der Waals surface area contributed by atoms with Crippen molar-refractivity contribution in [1.82, 2.24) is 14.5 Å². The second-order valence-electron chi connectivity index (χ2n) is 10.5. The van der Waals surface area contributed by atoms with Crippen LogP contribution in [0, 0.1) is 19.8 Å². The molecule has 1 saturated heterocycles. The fourth-order valence-corrected chi connectivity index (χ4v) is 5.24. The lowest BCUT2D eigenvalue weighted by Crippen LogP contribution is -2.35. The maximum Gasteiger partial charge on any atom is 0.255 e. The maximum atomic E-state index is 13.4. The minimum absolute atomic E-state index is 0.182. The number of imidazole rings is 1. The Kier molecular flexibility index (Phi) is 8.39. The maximum absolute atomic E-state index is 13.4. The first-order chi connectivity index (χ1) is 19.0. The summed E-state index contributed by atoms with van der Waals surface area (Å²) >= 11 is 0. The summed E-state index contributed by atoms with van der Waals surface area (Å²) < 4.78 is 8.06. The standard InChI is InChI=1S/C32H37N5O2/c1-23-10-11-27(17-31(23)39-30-8-4-3-5-9-30)32(38)35-28-15-26(16-29(18-28)37-19-24(2)34-22-37)21-36-14-6-7-25(20-36)12-13-33/h3-5,8-11,15-19,22,25H,6-7,12-14,20-21,33H2,1-2H3,(H,35,38)/t25-/m1/s1. The average molecular weight is 524 g/mol. The summed E-state index contributed by atoms with van der Waals surface area (Å²) in [4.78, 5) is 20.3. The third-order valence-corrected chi connectivity index (χ3v) is 7.25.